The Labute approximate surface area is 192 Å². The molecule has 5 nitrogen and oxygen atoms in total. The van der Waals surface area contributed by atoms with E-state index in [1.165, 1.54) is 9.79 Å². The average Bonchev–Trinajstić information content (AvgIpc) is 3.25. The molecular weight excluding hydrogens is 414 g/mol. The molecule has 1 N–H and O–H groups in total. The van der Waals surface area contributed by atoms with Gasteiger partial charge in [0.2, 0.25) is 0 Å². The zero-order valence-electron chi connectivity index (χ0n) is 18.1. The normalized spacial score (nSPS) is 16.4. The summed E-state index contributed by atoms with van der Waals surface area (Å²) in [5.74, 6) is 0. The molecule has 0 amide bonds. The van der Waals surface area contributed by atoms with Crippen LogP contribution in [0, 0.1) is 0 Å². The van der Waals surface area contributed by atoms with Crippen molar-refractivity contribution in [2.24, 2.45) is 0 Å². The van der Waals surface area contributed by atoms with E-state index in [0.29, 0.717) is 6.04 Å². The molecule has 2 aliphatic rings. The SMILES string of the molecule is C=C(c1ccc2c(c1)Nc1ccccc1S2)c1cnc2c(cnn2C2CCN(C)CC2)c1. The molecular formula is C26H25N5S. The monoisotopic (exact) mass is 439 g/mol. The fourth-order valence-electron chi connectivity index (χ4n) is 4.61. The highest BCUT2D eigenvalue weighted by Gasteiger charge is 2.21. The number of likely N-dealkylation sites (tertiary alicyclic amines) is 1. The summed E-state index contributed by atoms with van der Waals surface area (Å²) in [6.45, 7) is 6.61. The van der Waals surface area contributed by atoms with E-state index in [9.17, 15) is 0 Å². The van der Waals surface area contributed by atoms with Crippen LogP contribution in [0.2, 0.25) is 0 Å². The van der Waals surface area contributed by atoms with Gasteiger partial charge >= 0.3 is 0 Å². The Morgan fingerprint density at radius 2 is 1.81 bits per heavy atom. The fourth-order valence-corrected chi connectivity index (χ4v) is 5.57. The number of nitrogens with zero attached hydrogens (tertiary/aromatic N) is 4. The molecule has 6 heteroatoms. The van der Waals surface area contributed by atoms with Gasteiger partial charge in [0.15, 0.2) is 5.65 Å². The van der Waals surface area contributed by atoms with Crippen molar-refractivity contribution in [3.8, 4) is 0 Å². The average molecular weight is 440 g/mol. The molecule has 2 aromatic carbocycles. The van der Waals surface area contributed by atoms with Crippen LogP contribution >= 0.6 is 11.8 Å². The number of nitrogens with one attached hydrogen (secondary N) is 1. The van der Waals surface area contributed by atoms with Crippen LogP contribution < -0.4 is 5.32 Å². The van der Waals surface area contributed by atoms with E-state index in [-0.39, 0.29) is 0 Å². The summed E-state index contributed by atoms with van der Waals surface area (Å²) in [5.41, 5.74) is 6.34. The van der Waals surface area contributed by atoms with E-state index in [0.717, 1.165) is 65.0 Å². The zero-order valence-corrected chi connectivity index (χ0v) is 18.9. The first-order valence-electron chi connectivity index (χ1n) is 11.0. The first kappa shape index (κ1) is 19.6. The molecule has 2 aromatic heterocycles. The van der Waals surface area contributed by atoms with E-state index < -0.39 is 0 Å². The predicted molar refractivity (Wildman–Crippen MR) is 132 cm³/mol. The standard InChI is InChI=1S/C26H25N5S/c1-17(18-7-8-25-23(14-18)29-22-5-3-4-6-24(22)32-25)19-13-20-16-28-31(26(20)27-15-19)21-9-11-30(2)12-10-21/h3-8,13-16,21,29H,1,9-12H2,2H3. The van der Waals surface area contributed by atoms with Crippen LogP contribution in [0.25, 0.3) is 16.6 Å². The molecule has 0 aliphatic carbocycles. The number of para-hydroxylation sites is 1. The number of rotatable bonds is 3. The lowest BCUT2D eigenvalue weighted by Gasteiger charge is -2.29. The second kappa shape index (κ2) is 7.80. The molecule has 2 aliphatic heterocycles. The minimum absolute atomic E-state index is 0.428. The highest BCUT2D eigenvalue weighted by atomic mass is 32.2. The Balaban J connectivity index is 1.28. The third-order valence-corrected chi connectivity index (χ3v) is 7.67. The van der Waals surface area contributed by atoms with Crippen molar-refractivity contribution in [2.45, 2.75) is 28.7 Å². The smallest absolute Gasteiger partial charge is 0.158 e. The second-order valence-corrected chi connectivity index (χ2v) is 9.76. The first-order valence-corrected chi connectivity index (χ1v) is 11.9. The Hall–Kier alpha value is -3.09. The van der Waals surface area contributed by atoms with Crippen molar-refractivity contribution >= 4 is 39.7 Å². The van der Waals surface area contributed by atoms with Gasteiger partial charge in [0, 0.05) is 26.9 Å². The molecule has 4 heterocycles. The molecule has 4 aromatic rings. The van der Waals surface area contributed by atoms with Crippen LogP contribution in [0.5, 0.6) is 0 Å². The number of benzene rings is 2. The van der Waals surface area contributed by atoms with Crippen LogP contribution in [-0.2, 0) is 0 Å². The molecule has 1 fully saturated rings. The van der Waals surface area contributed by atoms with E-state index in [2.05, 4.69) is 82.2 Å². The quantitative estimate of drug-likeness (QED) is 0.375. The number of piperidine rings is 1. The summed E-state index contributed by atoms with van der Waals surface area (Å²) in [6, 6.07) is 17.5. The molecule has 0 radical (unpaired) electrons. The van der Waals surface area contributed by atoms with E-state index in [4.69, 9.17) is 4.98 Å². The fraction of sp³-hybridized carbons (Fsp3) is 0.231. The molecule has 160 valence electrons. The van der Waals surface area contributed by atoms with Gasteiger partial charge < -0.3 is 10.2 Å². The van der Waals surface area contributed by atoms with Crippen LogP contribution in [0.3, 0.4) is 0 Å². The van der Waals surface area contributed by atoms with Crippen molar-refractivity contribution in [2.75, 3.05) is 25.5 Å². The minimum Gasteiger partial charge on any atom is -0.354 e. The third kappa shape index (κ3) is 3.40. The van der Waals surface area contributed by atoms with Crippen molar-refractivity contribution in [3.05, 3.63) is 78.6 Å². The molecule has 0 spiro atoms. The number of hydrogen-bond donors (Lipinski definition) is 1. The van der Waals surface area contributed by atoms with Gasteiger partial charge in [0.05, 0.1) is 23.6 Å². The maximum absolute atomic E-state index is 4.81. The zero-order chi connectivity index (χ0) is 21.7. The van der Waals surface area contributed by atoms with Gasteiger partial charge in [-0.05, 0) is 74.4 Å². The van der Waals surface area contributed by atoms with Gasteiger partial charge in [-0.3, -0.25) is 0 Å². The highest BCUT2D eigenvalue weighted by Crippen LogP contribution is 2.45. The van der Waals surface area contributed by atoms with Crippen LogP contribution in [0.1, 0.15) is 30.0 Å². The van der Waals surface area contributed by atoms with Gasteiger partial charge in [-0.2, -0.15) is 5.10 Å². The van der Waals surface area contributed by atoms with Crippen LogP contribution in [-0.4, -0.2) is 39.8 Å². The highest BCUT2D eigenvalue weighted by molar-refractivity contribution is 7.99. The predicted octanol–water partition coefficient (Wildman–Crippen LogP) is 5.97. The van der Waals surface area contributed by atoms with Crippen molar-refractivity contribution < 1.29 is 0 Å². The first-order chi connectivity index (χ1) is 15.7. The van der Waals surface area contributed by atoms with Crippen molar-refractivity contribution in [1.82, 2.24) is 19.7 Å². The van der Waals surface area contributed by atoms with Crippen LogP contribution in [0.4, 0.5) is 11.4 Å². The summed E-state index contributed by atoms with van der Waals surface area (Å²) in [4.78, 5) is 9.67. The number of hydrogen-bond acceptors (Lipinski definition) is 5. The molecule has 0 unspecified atom stereocenters. The number of aromatic nitrogens is 3. The summed E-state index contributed by atoms with van der Waals surface area (Å²) in [6.07, 6.45) is 6.12. The number of pyridine rings is 1. The van der Waals surface area contributed by atoms with Gasteiger partial charge in [-0.15, -0.1) is 0 Å². The summed E-state index contributed by atoms with van der Waals surface area (Å²) in [7, 11) is 2.18. The maximum Gasteiger partial charge on any atom is 0.158 e. The van der Waals surface area contributed by atoms with E-state index in [1.54, 1.807) is 11.8 Å². The Morgan fingerprint density at radius 3 is 2.69 bits per heavy atom. The molecule has 1 saturated heterocycles. The molecule has 32 heavy (non-hydrogen) atoms. The Bertz CT molecular complexity index is 1330. The lowest BCUT2D eigenvalue weighted by atomic mass is 10.00. The van der Waals surface area contributed by atoms with E-state index in [1.807, 2.05) is 12.4 Å². The number of fused-ring (bicyclic) bond motifs is 3. The van der Waals surface area contributed by atoms with Crippen molar-refractivity contribution in [3.63, 3.8) is 0 Å². The number of anilines is 2. The van der Waals surface area contributed by atoms with E-state index >= 15 is 0 Å². The maximum atomic E-state index is 4.81. The van der Waals surface area contributed by atoms with Gasteiger partial charge in [-0.25, -0.2) is 9.67 Å². The van der Waals surface area contributed by atoms with Crippen molar-refractivity contribution in [1.29, 1.82) is 0 Å². The van der Waals surface area contributed by atoms with Crippen LogP contribution in [0.15, 0.2) is 77.3 Å². The minimum atomic E-state index is 0.428. The largest absolute Gasteiger partial charge is 0.354 e. The summed E-state index contributed by atoms with van der Waals surface area (Å²) in [5, 5.41) is 9.33. The molecule has 0 atom stereocenters. The van der Waals surface area contributed by atoms with Gasteiger partial charge in [0.1, 0.15) is 0 Å². The Kier molecular flexibility index (Phi) is 4.77. The van der Waals surface area contributed by atoms with Gasteiger partial charge in [-0.1, -0.05) is 36.5 Å². The lowest BCUT2D eigenvalue weighted by molar-refractivity contribution is 0.215. The van der Waals surface area contributed by atoms with Gasteiger partial charge in [0.25, 0.3) is 0 Å². The third-order valence-electron chi connectivity index (χ3n) is 6.52. The second-order valence-electron chi connectivity index (χ2n) is 8.67. The molecule has 6 rings (SSSR count). The molecule has 0 saturated carbocycles. The topological polar surface area (TPSA) is 46.0 Å². The Morgan fingerprint density at radius 1 is 1.00 bits per heavy atom. The summed E-state index contributed by atoms with van der Waals surface area (Å²) >= 11 is 1.80. The molecule has 0 bridgehead atoms. The summed E-state index contributed by atoms with van der Waals surface area (Å²) < 4.78 is 2.12. The lowest BCUT2D eigenvalue weighted by Crippen LogP contribution is -2.31.